The number of hydrogen-bond acceptors (Lipinski definition) is 5. The summed E-state index contributed by atoms with van der Waals surface area (Å²) in [5, 5.41) is 3.09. The second-order valence-corrected chi connectivity index (χ2v) is 14.2. The van der Waals surface area contributed by atoms with Crippen LogP contribution in [0.4, 0.5) is 0 Å². The third-order valence-corrected chi connectivity index (χ3v) is 9.63. The molecule has 0 aliphatic heterocycles. The lowest BCUT2D eigenvalue weighted by molar-refractivity contribution is -0.168. The molecule has 266 valence electrons. The predicted octanol–water partition coefficient (Wildman–Crippen LogP) is 10.7. The number of hydrogen-bond donors (Lipinski definition) is 2. The van der Waals surface area contributed by atoms with Gasteiger partial charge in [0.15, 0.2) is 0 Å². The summed E-state index contributed by atoms with van der Waals surface area (Å²) in [6.45, 7) is 8.61. The van der Waals surface area contributed by atoms with Gasteiger partial charge in [-0.15, -0.1) is 0 Å². The monoisotopic (exact) mass is 637 g/mol. The molecular weight excluding hydrogens is 560 g/mol. The van der Waals surface area contributed by atoms with Crippen molar-refractivity contribution in [2.75, 3.05) is 13.1 Å². The molecule has 6 heteroatoms. The van der Waals surface area contributed by atoms with Gasteiger partial charge in [-0.1, -0.05) is 162 Å². The van der Waals surface area contributed by atoms with E-state index >= 15 is 0 Å². The molecule has 0 bridgehead atoms. The minimum atomic E-state index is -0.775. The van der Waals surface area contributed by atoms with E-state index in [1.165, 1.54) is 128 Å². The van der Waals surface area contributed by atoms with Crippen molar-refractivity contribution in [2.45, 2.75) is 207 Å². The van der Waals surface area contributed by atoms with Gasteiger partial charge in [0.25, 0.3) is 0 Å². The molecule has 3 N–H and O–H groups in total. The van der Waals surface area contributed by atoms with Crippen LogP contribution in [0.5, 0.6) is 0 Å². The Morgan fingerprint density at radius 1 is 0.578 bits per heavy atom. The van der Waals surface area contributed by atoms with Gasteiger partial charge in [-0.2, -0.15) is 0 Å². The van der Waals surface area contributed by atoms with Crippen LogP contribution in [0.1, 0.15) is 207 Å². The molecule has 0 aromatic heterocycles. The van der Waals surface area contributed by atoms with Gasteiger partial charge in [0.05, 0.1) is 12.0 Å². The van der Waals surface area contributed by atoms with E-state index in [0.717, 1.165) is 44.9 Å². The van der Waals surface area contributed by atoms with Crippen LogP contribution in [-0.4, -0.2) is 30.9 Å². The summed E-state index contributed by atoms with van der Waals surface area (Å²) in [5.41, 5.74) is 4.59. The largest absolute Gasteiger partial charge is 0.392 e. The van der Waals surface area contributed by atoms with Gasteiger partial charge in [0.2, 0.25) is 5.91 Å². The van der Waals surface area contributed by atoms with Crippen LogP contribution in [0, 0.1) is 11.3 Å². The van der Waals surface area contributed by atoms with Gasteiger partial charge in [-0.25, -0.2) is 0 Å². The lowest BCUT2D eigenvalue weighted by Crippen LogP contribution is -2.37. The topological polar surface area (TPSA) is 98.5 Å². The number of nitrogens with one attached hydrogen (secondary N) is 1. The van der Waals surface area contributed by atoms with E-state index in [1.54, 1.807) is 0 Å². The standard InChI is InChI=1S/C39H76N2O4/c1-5-7-9-11-13-15-16-17-18-19-20-22-24-26-28-32-36(42)41-33-29-31-35(39(3,4)38(44)45-37(43)34-40)30-27-25-23-21-14-12-10-8-6-2/h35H,5-34,40H2,1-4H3,(H,41,42). The average molecular weight is 637 g/mol. The Labute approximate surface area is 279 Å². The van der Waals surface area contributed by atoms with Gasteiger partial charge in [-0.05, 0) is 45.4 Å². The zero-order valence-corrected chi connectivity index (χ0v) is 30.5. The molecule has 1 amide bonds. The zero-order chi connectivity index (χ0) is 33.4. The molecule has 0 aromatic rings. The first-order valence-corrected chi connectivity index (χ1v) is 19.5. The van der Waals surface area contributed by atoms with Gasteiger partial charge in [0.1, 0.15) is 0 Å². The number of esters is 2. The van der Waals surface area contributed by atoms with E-state index in [4.69, 9.17) is 10.5 Å². The number of rotatable bonds is 33. The van der Waals surface area contributed by atoms with E-state index in [9.17, 15) is 14.4 Å². The molecule has 6 nitrogen and oxygen atoms in total. The second-order valence-electron chi connectivity index (χ2n) is 14.2. The lowest BCUT2D eigenvalue weighted by Gasteiger charge is -2.32. The van der Waals surface area contributed by atoms with Crippen molar-refractivity contribution in [1.29, 1.82) is 0 Å². The Hall–Kier alpha value is -1.43. The van der Waals surface area contributed by atoms with Gasteiger partial charge in [0, 0.05) is 13.0 Å². The first-order valence-electron chi connectivity index (χ1n) is 19.5. The van der Waals surface area contributed by atoms with Crippen molar-refractivity contribution >= 4 is 17.8 Å². The molecule has 45 heavy (non-hydrogen) atoms. The summed E-state index contributed by atoms with van der Waals surface area (Å²) in [6.07, 6.45) is 34.3. The summed E-state index contributed by atoms with van der Waals surface area (Å²) in [6, 6.07) is 0. The Bertz CT molecular complexity index is 709. The van der Waals surface area contributed by atoms with Crippen molar-refractivity contribution in [3.8, 4) is 0 Å². The molecule has 0 rings (SSSR count). The Morgan fingerprint density at radius 3 is 1.38 bits per heavy atom. The van der Waals surface area contributed by atoms with E-state index in [0.29, 0.717) is 13.0 Å². The fourth-order valence-corrected chi connectivity index (χ4v) is 6.33. The minimum Gasteiger partial charge on any atom is -0.392 e. The van der Waals surface area contributed by atoms with Crippen LogP contribution in [0.3, 0.4) is 0 Å². The van der Waals surface area contributed by atoms with Crippen molar-refractivity contribution in [3.63, 3.8) is 0 Å². The van der Waals surface area contributed by atoms with E-state index in [1.807, 2.05) is 13.8 Å². The van der Waals surface area contributed by atoms with Crippen LogP contribution in [-0.2, 0) is 19.1 Å². The molecule has 0 aliphatic carbocycles. The fourth-order valence-electron chi connectivity index (χ4n) is 6.33. The molecule has 0 spiro atoms. The molecule has 0 radical (unpaired) electrons. The number of carbonyl (C=O) groups excluding carboxylic acids is 3. The van der Waals surface area contributed by atoms with Crippen LogP contribution < -0.4 is 11.1 Å². The van der Waals surface area contributed by atoms with Gasteiger partial charge >= 0.3 is 11.9 Å². The predicted molar refractivity (Wildman–Crippen MR) is 191 cm³/mol. The summed E-state index contributed by atoms with van der Waals surface area (Å²) in [4.78, 5) is 36.9. The smallest absolute Gasteiger partial charge is 0.327 e. The summed E-state index contributed by atoms with van der Waals surface area (Å²) < 4.78 is 5.03. The van der Waals surface area contributed by atoms with Crippen molar-refractivity contribution in [2.24, 2.45) is 17.1 Å². The highest BCUT2D eigenvalue weighted by atomic mass is 16.6. The Balaban J connectivity index is 4.14. The molecule has 0 aliphatic rings. The SMILES string of the molecule is CCCCCCCCCCCCCCCCCC(=O)NCCCC(CCCCCCCCCCC)C(C)(C)C(=O)OC(=O)CN. The number of amides is 1. The molecule has 0 saturated carbocycles. The molecule has 0 fully saturated rings. The molecular formula is C39H76N2O4. The molecule has 1 atom stereocenters. The third kappa shape index (κ3) is 26.3. The number of nitrogens with two attached hydrogens (primary N) is 1. The minimum absolute atomic E-state index is 0.0904. The maximum atomic E-state index is 12.8. The highest BCUT2D eigenvalue weighted by molar-refractivity contribution is 5.89. The summed E-state index contributed by atoms with van der Waals surface area (Å²) in [7, 11) is 0. The number of ether oxygens (including phenoxy) is 1. The van der Waals surface area contributed by atoms with Crippen LogP contribution in [0.15, 0.2) is 0 Å². The normalized spacial score (nSPS) is 12.3. The van der Waals surface area contributed by atoms with E-state index in [2.05, 4.69) is 19.2 Å². The number of carbonyl (C=O) groups is 3. The molecule has 0 aromatic carbocycles. The van der Waals surface area contributed by atoms with E-state index in [-0.39, 0.29) is 18.4 Å². The van der Waals surface area contributed by atoms with Gasteiger partial charge < -0.3 is 15.8 Å². The molecule has 0 heterocycles. The average Bonchev–Trinajstić information content (AvgIpc) is 3.02. The van der Waals surface area contributed by atoms with Crippen LogP contribution in [0.25, 0.3) is 0 Å². The summed E-state index contributed by atoms with van der Waals surface area (Å²) in [5.74, 6) is -0.947. The Kier molecular flexibility index (Phi) is 30.2. The van der Waals surface area contributed by atoms with Crippen molar-refractivity contribution < 1.29 is 19.1 Å². The molecule has 0 saturated heterocycles. The highest BCUT2D eigenvalue weighted by Crippen LogP contribution is 2.36. The third-order valence-electron chi connectivity index (χ3n) is 9.63. The second kappa shape index (κ2) is 31.2. The first kappa shape index (κ1) is 43.6. The first-order chi connectivity index (χ1) is 21.8. The summed E-state index contributed by atoms with van der Waals surface area (Å²) >= 11 is 0. The zero-order valence-electron chi connectivity index (χ0n) is 30.5. The van der Waals surface area contributed by atoms with Crippen LogP contribution in [0.2, 0.25) is 0 Å². The highest BCUT2D eigenvalue weighted by Gasteiger charge is 2.38. The quantitative estimate of drug-likeness (QED) is 0.0424. The van der Waals surface area contributed by atoms with Gasteiger partial charge in [-0.3, -0.25) is 14.4 Å². The Morgan fingerprint density at radius 2 is 0.956 bits per heavy atom. The molecule has 1 unspecified atom stereocenters. The fraction of sp³-hybridized carbons (Fsp3) is 0.923. The lowest BCUT2D eigenvalue weighted by atomic mass is 9.73. The number of unbranched alkanes of at least 4 members (excludes halogenated alkanes) is 22. The van der Waals surface area contributed by atoms with Crippen LogP contribution >= 0.6 is 0 Å². The van der Waals surface area contributed by atoms with Crippen molar-refractivity contribution in [1.82, 2.24) is 5.32 Å². The maximum absolute atomic E-state index is 12.8. The maximum Gasteiger partial charge on any atom is 0.327 e. The van der Waals surface area contributed by atoms with E-state index < -0.39 is 17.4 Å². The van der Waals surface area contributed by atoms with Crippen molar-refractivity contribution in [3.05, 3.63) is 0 Å².